The van der Waals surface area contributed by atoms with E-state index in [4.69, 9.17) is 9.47 Å². The number of anilines is 1. The Morgan fingerprint density at radius 2 is 1.76 bits per heavy atom. The topological polar surface area (TPSA) is 84.9 Å². The fourth-order valence-electron chi connectivity index (χ4n) is 2.53. The molecule has 7 heteroatoms. The van der Waals surface area contributed by atoms with Crippen LogP contribution in [0.1, 0.15) is 35.7 Å². The Labute approximate surface area is 170 Å². The third kappa shape index (κ3) is 6.64. The lowest BCUT2D eigenvalue weighted by Gasteiger charge is -2.17. The third-order valence-corrected chi connectivity index (χ3v) is 4.30. The van der Waals surface area contributed by atoms with Crippen molar-refractivity contribution in [3.05, 3.63) is 59.7 Å². The minimum Gasteiger partial charge on any atom is -0.497 e. The van der Waals surface area contributed by atoms with Crippen LogP contribution in [-0.2, 0) is 14.3 Å². The van der Waals surface area contributed by atoms with Gasteiger partial charge >= 0.3 is 5.97 Å². The van der Waals surface area contributed by atoms with E-state index in [2.05, 4.69) is 19.2 Å². The predicted molar refractivity (Wildman–Crippen MR) is 110 cm³/mol. The lowest BCUT2D eigenvalue weighted by atomic mass is 10.0. The van der Waals surface area contributed by atoms with Gasteiger partial charge in [-0.25, -0.2) is 4.79 Å². The van der Waals surface area contributed by atoms with Crippen LogP contribution >= 0.6 is 0 Å². The van der Waals surface area contributed by atoms with Crippen molar-refractivity contribution in [2.45, 2.75) is 19.8 Å². The summed E-state index contributed by atoms with van der Waals surface area (Å²) in [6, 6.07) is 14.0. The first-order chi connectivity index (χ1) is 13.8. The first-order valence-corrected chi connectivity index (χ1v) is 9.25. The number of likely N-dealkylation sites (N-methyl/N-ethyl adjacent to an activating group) is 1. The van der Waals surface area contributed by atoms with Gasteiger partial charge in [-0.2, -0.15) is 0 Å². The van der Waals surface area contributed by atoms with Crippen molar-refractivity contribution in [1.82, 2.24) is 4.90 Å². The quantitative estimate of drug-likeness (QED) is 0.691. The molecule has 7 nitrogen and oxygen atoms in total. The van der Waals surface area contributed by atoms with Gasteiger partial charge in [-0.3, -0.25) is 9.59 Å². The molecule has 0 aliphatic rings. The van der Waals surface area contributed by atoms with Crippen molar-refractivity contribution < 1.29 is 23.9 Å². The van der Waals surface area contributed by atoms with Crippen molar-refractivity contribution in [3.63, 3.8) is 0 Å². The molecule has 2 aromatic carbocycles. The second-order valence-electron chi connectivity index (χ2n) is 6.88. The van der Waals surface area contributed by atoms with Crippen molar-refractivity contribution in [2.75, 3.05) is 32.6 Å². The van der Waals surface area contributed by atoms with Crippen LogP contribution in [-0.4, -0.2) is 50.0 Å². The molecule has 0 atom stereocenters. The predicted octanol–water partition coefficient (Wildman–Crippen LogP) is 3.07. The van der Waals surface area contributed by atoms with Crippen LogP contribution in [0.25, 0.3) is 0 Å². The Kier molecular flexibility index (Phi) is 7.77. The number of rotatable bonds is 8. The van der Waals surface area contributed by atoms with Crippen molar-refractivity contribution in [2.24, 2.45) is 0 Å². The van der Waals surface area contributed by atoms with Gasteiger partial charge in [0.25, 0.3) is 5.91 Å². The summed E-state index contributed by atoms with van der Waals surface area (Å²) in [5, 5.41) is 2.69. The van der Waals surface area contributed by atoms with Crippen molar-refractivity contribution in [3.8, 4) is 5.75 Å². The van der Waals surface area contributed by atoms with E-state index in [1.807, 2.05) is 12.1 Å². The van der Waals surface area contributed by atoms with E-state index in [9.17, 15) is 14.4 Å². The number of methoxy groups -OCH3 is 1. The van der Waals surface area contributed by atoms with Crippen LogP contribution < -0.4 is 10.1 Å². The SMILES string of the molecule is COc1cccc(NC(=O)CN(C)C(=O)COC(=O)c2ccc(C(C)C)cc2)c1. The molecule has 0 saturated heterocycles. The van der Waals surface area contributed by atoms with E-state index in [0.717, 1.165) is 5.56 Å². The molecule has 0 heterocycles. The van der Waals surface area contributed by atoms with Crippen LogP contribution in [0.2, 0.25) is 0 Å². The van der Waals surface area contributed by atoms with Gasteiger partial charge in [-0.15, -0.1) is 0 Å². The Hall–Kier alpha value is -3.35. The average molecular weight is 398 g/mol. The van der Waals surface area contributed by atoms with Gasteiger partial charge in [0.05, 0.1) is 19.2 Å². The molecule has 154 valence electrons. The number of esters is 1. The number of carbonyl (C=O) groups excluding carboxylic acids is 3. The molecule has 2 aromatic rings. The monoisotopic (exact) mass is 398 g/mol. The van der Waals surface area contributed by atoms with Crippen molar-refractivity contribution >= 4 is 23.5 Å². The summed E-state index contributed by atoms with van der Waals surface area (Å²) < 4.78 is 10.2. The molecule has 0 radical (unpaired) electrons. The molecular formula is C22H26N2O5. The number of carbonyl (C=O) groups is 3. The zero-order valence-electron chi connectivity index (χ0n) is 17.1. The third-order valence-electron chi connectivity index (χ3n) is 4.30. The van der Waals surface area contributed by atoms with Crippen LogP contribution in [0.3, 0.4) is 0 Å². The highest BCUT2D eigenvalue weighted by molar-refractivity contribution is 5.95. The zero-order valence-corrected chi connectivity index (χ0v) is 17.1. The normalized spacial score (nSPS) is 10.4. The summed E-state index contributed by atoms with van der Waals surface area (Å²) in [7, 11) is 3.01. The second-order valence-corrected chi connectivity index (χ2v) is 6.88. The fraction of sp³-hybridized carbons (Fsp3) is 0.318. The minimum atomic E-state index is -0.581. The number of benzene rings is 2. The zero-order chi connectivity index (χ0) is 21.4. The standard InChI is InChI=1S/C22H26N2O5/c1-15(2)16-8-10-17(11-9-16)22(27)29-14-21(26)24(3)13-20(25)23-18-6-5-7-19(12-18)28-4/h5-12,15H,13-14H2,1-4H3,(H,23,25). The molecule has 1 N–H and O–H groups in total. The molecule has 2 rings (SSSR count). The second kappa shape index (κ2) is 10.3. The summed E-state index contributed by atoms with van der Waals surface area (Å²) in [5.41, 5.74) is 2.05. The van der Waals surface area contributed by atoms with E-state index in [1.165, 1.54) is 19.1 Å². The highest BCUT2D eigenvalue weighted by Gasteiger charge is 2.16. The molecular weight excluding hydrogens is 372 g/mol. The summed E-state index contributed by atoms with van der Waals surface area (Å²) in [5.74, 6) is -0.454. The average Bonchev–Trinajstić information content (AvgIpc) is 2.71. The van der Waals surface area contributed by atoms with Gasteiger partial charge < -0.3 is 19.7 Å². The number of amides is 2. The van der Waals surface area contributed by atoms with Crippen LogP contribution in [0, 0.1) is 0 Å². The first-order valence-electron chi connectivity index (χ1n) is 9.25. The van der Waals surface area contributed by atoms with Crippen molar-refractivity contribution in [1.29, 1.82) is 0 Å². The molecule has 0 fully saturated rings. The van der Waals surface area contributed by atoms with E-state index in [-0.39, 0.29) is 12.5 Å². The van der Waals surface area contributed by atoms with Gasteiger partial charge in [-0.05, 0) is 35.7 Å². The maximum Gasteiger partial charge on any atom is 0.338 e. The van der Waals surface area contributed by atoms with Crippen LogP contribution in [0.15, 0.2) is 48.5 Å². The molecule has 0 saturated carbocycles. The van der Waals surface area contributed by atoms with Gasteiger partial charge in [0.1, 0.15) is 5.75 Å². The molecule has 0 spiro atoms. The summed E-state index contributed by atoms with van der Waals surface area (Å²) in [6.45, 7) is 3.52. The van der Waals surface area contributed by atoms with Gasteiger partial charge in [0.15, 0.2) is 6.61 Å². The first kappa shape index (κ1) is 21.9. The largest absolute Gasteiger partial charge is 0.497 e. The number of hydrogen-bond donors (Lipinski definition) is 1. The molecule has 0 aromatic heterocycles. The molecule has 0 aliphatic carbocycles. The lowest BCUT2D eigenvalue weighted by Crippen LogP contribution is -2.37. The maximum absolute atomic E-state index is 12.2. The summed E-state index contributed by atoms with van der Waals surface area (Å²) >= 11 is 0. The van der Waals surface area contributed by atoms with Gasteiger partial charge in [0, 0.05) is 18.8 Å². The molecule has 0 unspecified atom stereocenters. The number of nitrogens with one attached hydrogen (secondary N) is 1. The summed E-state index contributed by atoms with van der Waals surface area (Å²) in [4.78, 5) is 37.6. The Morgan fingerprint density at radius 3 is 2.38 bits per heavy atom. The highest BCUT2D eigenvalue weighted by Crippen LogP contribution is 2.17. The highest BCUT2D eigenvalue weighted by atomic mass is 16.5. The molecule has 0 aliphatic heterocycles. The molecule has 0 bridgehead atoms. The minimum absolute atomic E-state index is 0.170. The maximum atomic E-state index is 12.2. The molecule has 29 heavy (non-hydrogen) atoms. The van der Waals surface area contributed by atoms with Crippen LogP contribution in [0.4, 0.5) is 5.69 Å². The smallest absolute Gasteiger partial charge is 0.338 e. The van der Waals surface area contributed by atoms with Gasteiger partial charge in [0.2, 0.25) is 5.91 Å². The number of hydrogen-bond acceptors (Lipinski definition) is 5. The lowest BCUT2D eigenvalue weighted by molar-refractivity contribution is -0.136. The Bertz CT molecular complexity index is 862. The summed E-state index contributed by atoms with van der Waals surface area (Å²) in [6.07, 6.45) is 0. The Balaban J connectivity index is 1.81. The van der Waals surface area contributed by atoms with E-state index >= 15 is 0 Å². The van der Waals surface area contributed by atoms with E-state index in [0.29, 0.717) is 22.9 Å². The van der Waals surface area contributed by atoms with E-state index in [1.54, 1.807) is 36.4 Å². The van der Waals surface area contributed by atoms with Crippen LogP contribution in [0.5, 0.6) is 5.75 Å². The van der Waals surface area contributed by atoms with Gasteiger partial charge in [-0.1, -0.05) is 32.0 Å². The fourth-order valence-corrected chi connectivity index (χ4v) is 2.53. The number of ether oxygens (including phenoxy) is 2. The van der Waals surface area contributed by atoms with E-state index < -0.39 is 18.5 Å². The molecule has 2 amide bonds. The number of nitrogens with zero attached hydrogens (tertiary/aromatic N) is 1. The Morgan fingerprint density at radius 1 is 1.07 bits per heavy atom.